The highest BCUT2D eigenvalue weighted by Crippen LogP contribution is 2.39. The van der Waals surface area contributed by atoms with Crippen molar-refractivity contribution in [2.24, 2.45) is 7.05 Å². The Balaban J connectivity index is 1.66. The van der Waals surface area contributed by atoms with Gasteiger partial charge in [-0.15, -0.1) is 0 Å². The summed E-state index contributed by atoms with van der Waals surface area (Å²) in [6.45, 7) is 2.31. The number of pyridine rings is 1. The van der Waals surface area contributed by atoms with E-state index in [2.05, 4.69) is 27.5 Å². The van der Waals surface area contributed by atoms with E-state index in [0.29, 0.717) is 0 Å². The summed E-state index contributed by atoms with van der Waals surface area (Å²) in [5.41, 5.74) is 3.10. The van der Waals surface area contributed by atoms with E-state index in [1.807, 2.05) is 37.6 Å². The third kappa shape index (κ3) is 2.98. The van der Waals surface area contributed by atoms with Crippen LogP contribution in [0.2, 0.25) is 5.02 Å². The molecule has 0 aliphatic carbocycles. The lowest BCUT2D eigenvalue weighted by Crippen LogP contribution is -2.40. The van der Waals surface area contributed by atoms with Crippen LogP contribution in [0, 0.1) is 0 Å². The molecule has 0 amide bonds. The van der Waals surface area contributed by atoms with Crippen LogP contribution >= 0.6 is 11.6 Å². The predicted molar refractivity (Wildman–Crippen MR) is 100 cm³/mol. The van der Waals surface area contributed by atoms with Crippen molar-refractivity contribution in [3.63, 3.8) is 0 Å². The smallest absolute Gasteiger partial charge is 0.159 e. The summed E-state index contributed by atoms with van der Waals surface area (Å²) in [5.74, 6) is 0. The second-order valence-corrected chi connectivity index (χ2v) is 7.00. The number of halogens is 1. The van der Waals surface area contributed by atoms with E-state index >= 15 is 0 Å². The largest absolute Gasteiger partial charge is 0.383 e. The highest BCUT2D eigenvalue weighted by Gasteiger charge is 2.36. The first-order valence-corrected chi connectivity index (χ1v) is 8.91. The first kappa shape index (κ1) is 16.4. The molecule has 0 unspecified atom stereocenters. The van der Waals surface area contributed by atoms with Gasteiger partial charge in [-0.1, -0.05) is 29.8 Å². The van der Waals surface area contributed by atoms with Crippen molar-refractivity contribution in [3.8, 4) is 0 Å². The Labute approximate surface area is 152 Å². The molecule has 0 bridgehead atoms. The summed E-state index contributed by atoms with van der Waals surface area (Å²) in [5, 5.41) is 9.80. The summed E-state index contributed by atoms with van der Waals surface area (Å²) in [4.78, 5) is 4.41. The second-order valence-electron chi connectivity index (χ2n) is 6.59. The molecule has 3 heterocycles. The maximum absolute atomic E-state index is 6.54. The van der Waals surface area contributed by atoms with E-state index in [1.165, 1.54) is 5.56 Å². The van der Waals surface area contributed by atoms with Gasteiger partial charge in [-0.2, -0.15) is 5.10 Å². The molecule has 1 aliphatic rings. The maximum atomic E-state index is 6.54. The molecule has 0 atom stereocenters. The minimum Gasteiger partial charge on any atom is -0.383 e. The van der Waals surface area contributed by atoms with Gasteiger partial charge >= 0.3 is 0 Å². The van der Waals surface area contributed by atoms with Gasteiger partial charge in [0.05, 0.1) is 11.6 Å². The lowest BCUT2D eigenvalue weighted by molar-refractivity contribution is 0.0544. The number of hydrogen-bond donors (Lipinski definition) is 1. The number of ether oxygens (including phenoxy) is 1. The topological polar surface area (TPSA) is 52.0 Å². The van der Waals surface area contributed by atoms with E-state index in [9.17, 15) is 0 Å². The fourth-order valence-corrected chi connectivity index (χ4v) is 4.00. The number of nitrogens with one attached hydrogen (secondary N) is 1. The standard InChI is InChI=1S/C19H21ClN4O/c1-24-18-14(12-23-24)17(6-9-21-18)22-13-19(7-10-25-11-8-19)15-4-2-3-5-16(15)20/h2-6,9,12H,7-8,10-11,13H2,1H3,(H,21,22). The van der Waals surface area contributed by atoms with Crippen LogP contribution in [0.5, 0.6) is 0 Å². The molecule has 1 aromatic carbocycles. The minimum absolute atomic E-state index is 0.0333. The second kappa shape index (κ2) is 6.65. The fraction of sp³-hybridized carbons (Fsp3) is 0.368. The average Bonchev–Trinajstić information content (AvgIpc) is 3.03. The zero-order valence-electron chi connectivity index (χ0n) is 14.2. The maximum Gasteiger partial charge on any atom is 0.159 e. The molecule has 1 aliphatic heterocycles. The number of aromatic nitrogens is 3. The Kier molecular flexibility index (Phi) is 4.36. The molecular formula is C19H21ClN4O. The van der Waals surface area contributed by atoms with Gasteiger partial charge in [0, 0.05) is 49.1 Å². The molecule has 1 saturated heterocycles. The normalized spacial score (nSPS) is 16.9. The summed E-state index contributed by atoms with van der Waals surface area (Å²) in [6.07, 6.45) is 5.57. The van der Waals surface area contributed by atoms with Crippen LogP contribution in [0.3, 0.4) is 0 Å². The van der Waals surface area contributed by atoms with E-state index in [0.717, 1.165) is 54.3 Å². The van der Waals surface area contributed by atoms with Crippen LogP contribution in [0.15, 0.2) is 42.7 Å². The molecule has 2 aromatic heterocycles. The molecule has 5 nitrogen and oxygen atoms in total. The van der Waals surface area contributed by atoms with Crippen molar-refractivity contribution in [2.45, 2.75) is 18.3 Å². The highest BCUT2D eigenvalue weighted by atomic mass is 35.5. The van der Waals surface area contributed by atoms with Crippen LogP contribution in [0.25, 0.3) is 11.0 Å². The third-order valence-electron chi connectivity index (χ3n) is 5.15. The molecule has 1 N–H and O–H groups in total. The van der Waals surface area contributed by atoms with Crippen molar-refractivity contribution in [3.05, 3.63) is 53.3 Å². The van der Waals surface area contributed by atoms with Crippen LogP contribution in [-0.2, 0) is 17.2 Å². The zero-order valence-corrected chi connectivity index (χ0v) is 15.0. The molecule has 0 saturated carbocycles. The Morgan fingerprint density at radius 1 is 1.24 bits per heavy atom. The lowest BCUT2D eigenvalue weighted by Gasteiger charge is -2.38. The summed E-state index contributed by atoms with van der Waals surface area (Å²) in [7, 11) is 1.91. The van der Waals surface area contributed by atoms with Gasteiger partial charge in [-0.05, 0) is 30.5 Å². The van der Waals surface area contributed by atoms with Gasteiger partial charge in [0.2, 0.25) is 0 Å². The Hall–Kier alpha value is -2.11. The number of nitrogens with zero attached hydrogens (tertiary/aromatic N) is 3. The van der Waals surface area contributed by atoms with Crippen molar-refractivity contribution in [1.29, 1.82) is 0 Å². The van der Waals surface area contributed by atoms with Gasteiger partial charge in [-0.3, -0.25) is 4.68 Å². The molecule has 0 radical (unpaired) electrons. The quantitative estimate of drug-likeness (QED) is 0.772. The van der Waals surface area contributed by atoms with Gasteiger partial charge in [0.15, 0.2) is 5.65 Å². The molecule has 6 heteroatoms. The van der Waals surface area contributed by atoms with Crippen molar-refractivity contribution < 1.29 is 4.74 Å². The van der Waals surface area contributed by atoms with E-state index in [-0.39, 0.29) is 5.41 Å². The molecule has 4 rings (SSSR count). The number of anilines is 1. The number of benzene rings is 1. The Bertz CT molecular complexity index is 886. The predicted octanol–water partition coefficient (Wildman–Crippen LogP) is 3.78. The number of hydrogen-bond acceptors (Lipinski definition) is 4. The van der Waals surface area contributed by atoms with Crippen LogP contribution in [0.1, 0.15) is 18.4 Å². The third-order valence-corrected chi connectivity index (χ3v) is 5.48. The molecule has 25 heavy (non-hydrogen) atoms. The SMILES string of the molecule is Cn1ncc2c(NCC3(c4ccccc4Cl)CCOCC3)ccnc21. The van der Waals surface area contributed by atoms with Crippen LogP contribution < -0.4 is 5.32 Å². The van der Waals surface area contributed by atoms with Gasteiger partial charge in [0.25, 0.3) is 0 Å². The molecule has 3 aromatic rings. The first-order valence-electron chi connectivity index (χ1n) is 8.53. The lowest BCUT2D eigenvalue weighted by atomic mass is 9.74. The Morgan fingerprint density at radius 3 is 2.84 bits per heavy atom. The summed E-state index contributed by atoms with van der Waals surface area (Å²) < 4.78 is 7.41. The van der Waals surface area contributed by atoms with Crippen LogP contribution in [0.4, 0.5) is 5.69 Å². The average molecular weight is 357 g/mol. The van der Waals surface area contributed by atoms with Crippen LogP contribution in [-0.4, -0.2) is 34.5 Å². The van der Waals surface area contributed by atoms with E-state index in [4.69, 9.17) is 16.3 Å². The number of aryl methyl sites for hydroxylation is 1. The van der Waals surface area contributed by atoms with Gasteiger partial charge < -0.3 is 10.1 Å². The molecule has 130 valence electrons. The number of rotatable bonds is 4. The molecular weight excluding hydrogens is 336 g/mol. The highest BCUT2D eigenvalue weighted by molar-refractivity contribution is 6.31. The molecule has 1 fully saturated rings. The van der Waals surface area contributed by atoms with Crippen molar-refractivity contribution >= 4 is 28.3 Å². The van der Waals surface area contributed by atoms with Crippen molar-refractivity contribution in [2.75, 3.05) is 25.1 Å². The fourth-order valence-electron chi connectivity index (χ4n) is 3.66. The van der Waals surface area contributed by atoms with E-state index < -0.39 is 0 Å². The first-order chi connectivity index (χ1) is 12.2. The van der Waals surface area contributed by atoms with Gasteiger partial charge in [-0.25, -0.2) is 4.98 Å². The van der Waals surface area contributed by atoms with E-state index in [1.54, 1.807) is 4.68 Å². The summed E-state index contributed by atoms with van der Waals surface area (Å²) in [6, 6.07) is 10.2. The van der Waals surface area contributed by atoms with Gasteiger partial charge in [0.1, 0.15) is 0 Å². The Morgan fingerprint density at radius 2 is 2.04 bits per heavy atom. The minimum atomic E-state index is -0.0333. The molecule has 0 spiro atoms. The summed E-state index contributed by atoms with van der Waals surface area (Å²) >= 11 is 6.54. The zero-order chi connectivity index (χ0) is 17.3. The monoisotopic (exact) mass is 356 g/mol. The van der Waals surface area contributed by atoms with Crippen molar-refractivity contribution in [1.82, 2.24) is 14.8 Å². The number of fused-ring (bicyclic) bond motifs is 1.